The van der Waals surface area contributed by atoms with E-state index in [1.54, 1.807) is 6.26 Å². The minimum Gasteiger partial charge on any atom is -0.468 e. The lowest BCUT2D eigenvalue weighted by atomic mass is 10.2. The van der Waals surface area contributed by atoms with Crippen LogP contribution in [0.3, 0.4) is 0 Å². The summed E-state index contributed by atoms with van der Waals surface area (Å²) < 4.78 is 5.44. The summed E-state index contributed by atoms with van der Waals surface area (Å²) in [6.45, 7) is 5.46. The first-order chi connectivity index (χ1) is 11.7. The molecule has 1 aromatic carbocycles. The fourth-order valence-corrected chi connectivity index (χ4v) is 3.34. The van der Waals surface area contributed by atoms with Gasteiger partial charge in [0.05, 0.1) is 12.8 Å². The minimum atomic E-state index is 0.658. The molecule has 0 aliphatic carbocycles. The van der Waals surface area contributed by atoms with Crippen LogP contribution >= 0.6 is 23.8 Å². The highest BCUT2D eigenvalue weighted by molar-refractivity contribution is 7.80. The van der Waals surface area contributed by atoms with E-state index in [9.17, 15) is 0 Å². The van der Waals surface area contributed by atoms with E-state index in [0.717, 1.165) is 60.6 Å². The Morgan fingerprint density at radius 3 is 2.79 bits per heavy atom. The van der Waals surface area contributed by atoms with Gasteiger partial charge >= 0.3 is 0 Å². The maximum absolute atomic E-state index is 6.19. The molecule has 2 heterocycles. The van der Waals surface area contributed by atoms with E-state index in [1.807, 2.05) is 36.4 Å². The van der Waals surface area contributed by atoms with E-state index in [0.29, 0.717) is 6.54 Å². The highest BCUT2D eigenvalue weighted by Gasteiger charge is 2.17. The van der Waals surface area contributed by atoms with Gasteiger partial charge in [-0.05, 0) is 42.4 Å². The van der Waals surface area contributed by atoms with Gasteiger partial charge in [0.2, 0.25) is 0 Å². The van der Waals surface area contributed by atoms with Crippen LogP contribution in [0.1, 0.15) is 17.7 Å². The van der Waals surface area contributed by atoms with E-state index in [1.165, 1.54) is 0 Å². The molecule has 0 spiro atoms. The third kappa shape index (κ3) is 4.72. The van der Waals surface area contributed by atoms with Crippen molar-refractivity contribution in [3.8, 4) is 0 Å². The fraction of sp³-hybridized carbons (Fsp3) is 0.389. The Morgan fingerprint density at radius 2 is 2.00 bits per heavy atom. The van der Waals surface area contributed by atoms with Crippen LogP contribution in [0.4, 0.5) is 0 Å². The quantitative estimate of drug-likeness (QED) is 0.840. The number of hydrogen-bond acceptors (Lipinski definition) is 3. The Labute approximate surface area is 153 Å². The molecule has 0 atom stereocenters. The number of benzene rings is 1. The zero-order chi connectivity index (χ0) is 16.8. The number of nitrogens with one attached hydrogen (secondary N) is 1. The molecule has 0 bridgehead atoms. The molecule has 0 saturated carbocycles. The van der Waals surface area contributed by atoms with Crippen LogP contribution in [0.2, 0.25) is 5.02 Å². The van der Waals surface area contributed by atoms with Crippen molar-refractivity contribution in [3.63, 3.8) is 0 Å². The smallest absolute Gasteiger partial charge is 0.169 e. The van der Waals surface area contributed by atoms with Gasteiger partial charge in [-0.2, -0.15) is 0 Å². The summed E-state index contributed by atoms with van der Waals surface area (Å²) in [7, 11) is 0. The maximum atomic E-state index is 6.19. The van der Waals surface area contributed by atoms with Crippen molar-refractivity contribution < 1.29 is 4.42 Å². The molecule has 0 unspecified atom stereocenters. The molecular formula is C18H22ClN3OS. The highest BCUT2D eigenvalue weighted by atomic mass is 35.5. The first-order valence-corrected chi connectivity index (χ1v) is 9.02. The topological polar surface area (TPSA) is 31.6 Å². The van der Waals surface area contributed by atoms with Crippen molar-refractivity contribution >= 4 is 28.9 Å². The Kier molecular flexibility index (Phi) is 6.12. The number of rotatable bonds is 4. The number of nitrogens with zero attached hydrogens (tertiary/aromatic N) is 2. The van der Waals surface area contributed by atoms with Crippen molar-refractivity contribution in [3.05, 3.63) is 59.0 Å². The van der Waals surface area contributed by atoms with Crippen LogP contribution in [-0.4, -0.2) is 41.1 Å². The monoisotopic (exact) mass is 363 g/mol. The second-order valence-corrected chi connectivity index (χ2v) is 6.74. The molecule has 3 rings (SSSR count). The summed E-state index contributed by atoms with van der Waals surface area (Å²) in [4.78, 5) is 4.66. The largest absolute Gasteiger partial charge is 0.468 e. The lowest BCUT2D eigenvalue weighted by Gasteiger charge is -2.24. The highest BCUT2D eigenvalue weighted by Crippen LogP contribution is 2.15. The van der Waals surface area contributed by atoms with Gasteiger partial charge in [-0.1, -0.05) is 29.8 Å². The van der Waals surface area contributed by atoms with Gasteiger partial charge in [0, 0.05) is 37.7 Å². The van der Waals surface area contributed by atoms with E-state index < -0.39 is 0 Å². The van der Waals surface area contributed by atoms with Gasteiger partial charge in [-0.25, -0.2) is 0 Å². The second-order valence-electron chi connectivity index (χ2n) is 5.95. The third-order valence-corrected chi connectivity index (χ3v) is 4.99. The molecule has 4 nitrogen and oxygen atoms in total. The van der Waals surface area contributed by atoms with Gasteiger partial charge in [-0.3, -0.25) is 4.90 Å². The summed E-state index contributed by atoms with van der Waals surface area (Å²) in [6.07, 6.45) is 2.82. The van der Waals surface area contributed by atoms with Gasteiger partial charge in [0.15, 0.2) is 5.11 Å². The summed E-state index contributed by atoms with van der Waals surface area (Å²) in [6, 6.07) is 11.8. The predicted octanol–water partition coefficient (Wildman–Crippen LogP) is 3.52. The zero-order valence-corrected chi connectivity index (χ0v) is 15.2. The van der Waals surface area contributed by atoms with E-state index in [-0.39, 0.29) is 0 Å². The second kappa shape index (κ2) is 8.51. The Hall–Kier alpha value is -1.56. The lowest BCUT2D eigenvalue weighted by molar-refractivity contribution is 0.254. The molecule has 24 heavy (non-hydrogen) atoms. The summed E-state index contributed by atoms with van der Waals surface area (Å²) >= 11 is 11.8. The molecule has 1 saturated heterocycles. The van der Waals surface area contributed by atoms with Crippen LogP contribution in [0, 0.1) is 0 Å². The number of furan rings is 1. The van der Waals surface area contributed by atoms with Crippen LogP contribution < -0.4 is 5.32 Å². The molecule has 1 fully saturated rings. The minimum absolute atomic E-state index is 0.658. The van der Waals surface area contributed by atoms with Gasteiger partial charge in [0.25, 0.3) is 0 Å². The van der Waals surface area contributed by atoms with Gasteiger partial charge < -0.3 is 14.6 Å². The van der Waals surface area contributed by atoms with Crippen LogP contribution in [0.25, 0.3) is 0 Å². The number of hydrogen-bond donors (Lipinski definition) is 1. The fourth-order valence-electron chi connectivity index (χ4n) is 2.88. The average molecular weight is 364 g/mol. The molecule has 6 heteroatoms. The molecular weight excluding hydrogens is 342 g/mol. The summed E-state index contributed by atoms with van der Waals surface area (Å²) in [5, 5.41) is 4.91. The maximum Gasteiger partial charge on any atom is 0.169 e. The molecule has 2 aromatic rings. The molecule has 0 amide bonds. The molecule has 128 valence electrons. The Morgan fingerprint density at radius 1 is 1.12 bits per heavy atom. The van der Waals surface area contributed by atoms with Crippen molar-refractivity contribution in [2.45, 2.75) is 19.5 Å². The predicted molar refractivity (Wildman–Crippen MR) is 101 cm³/mol. The molecule has 1 N–H and O–H groups in total. The first-order valence-electron chi connectivity index (χ1n) is 8.23. The SMILES string of the molecule is S=C(NCc1ccccc1Cl)N1CCCN(Cc2ccco2)CC1. The Balaban J connectivity index is 1.48. The molecule has 1 aliphatic rings. The molecule has 0 radical (unpaired) electrons. The number of halogens is 1. The molecule has 1 aromatic heterocycles. The van der Waals surface area contributed by atoms with Crippen molar-refractivity contribution in [2.24, 2.45) is 0 Å². The zero-order valence-electron chi connectivity index (χ0n) is 13.6. The Bertz CT molecular complexity index is 662. The number of thiocarbonyl (C=S) groups is 1. The van der Waals surface area contributed by atoms with Crippen LogP contribution in [0.15, 0.2) is 47.1 Å². The van der Waals surface area contributed by atoms with E-state index in [2.05, 4.69) is 15.1 Å². The molecule has 1 aliphatic heterocycles. The van der Waals surface area contributed by atoms with Crippen molar-refractivity contribution in [1.82, 2.24) is 15.1 Å². The lowest BCUT2D eigenvalue weighted by Crippen LogP contribution is -2.41. The average Bonchev–Trinajstić information content (AvgIpc) is 2.98. The standard InChI is InChI=1S/C18H22ClN3OS/c19-17-7-2-1-5-15(17)13-20-18(24)22-9-4-8-21(10-11-22)14-16-6-3-12-23-16/h1-3,5-7,12H,4,8-11,13-14H2,(H,20,24). The van der Waals surface area contributed by atoms with Crippen molar-refractivity contribution in [1.29, 1.82) is 0 Å². The van der Waals surface area contributed by atoms with Crippen LogP contribution in [0.5, 0.6) is 0 Å². The summed E-state index contributed by atoms with van der Waals surface area (Å²) in [5.41, 5.74) is 1.07. The summed E-state index contributed by atoms with van der Waals surface area (Å²) in [5.74, 6) is 1.02. The third-order valence-electron chi connectivity index (χ3n) is 4.22. The van der Waals surface area contributed by atoms with Crippen LogP contribution in [-0.2, 0) is 13.1 Å². The first kappa shape index (κ1) is 17.3. The van der Waals surface area contributed by atoms with E-state index >= 15 is 0 Å². The van der Waals surface area contributed by atoms with Crippen molar-refractivity contribution in [2.75, 3.05) is 26.2 Å². The normalized spacial score (nSPS) is 16.0. The van der Waals surface area contributed by atoms with E-state index in [4.69, 9.17) is 28.2 Å². The van der Waals surface area contributed by atoms with Gasteiger partial charge in [0.1, 0.15) is 5.76 Å². The van der Waals surface area contributed by atoms with Gasteiger partial charge in [-0.15, -0.1) is 0 Å².